The van der Waals surface area contributed by atoms with Crippen LogP contribution in [0.2, 0.25) is 0 Å². The van der Waals surface area contributed by atoms with E-state index in [2.05, 4.69) is 5.32 Å². The van der Waals surface area contributed by atoms with E-state index in [1.54, 1.807) is 12.1 Å². The van der Waals surface area contributed by atoms with Crippen LogP contribution in [0.3, 0.4) is 0 Å². The number of nitrogens with one attached hydrogen (secondary N) is 1. The van der Waals surface area contributed by atoms with Crippen LogP contribution in [0.4, 0.5) is 4.39 Å². The molecule has 4 N–H and O–H groups in total. The third-order valence-corrected chi connectivity index (χ3v) is 4.96. The van der Waals surface area contributed by atoms with E-state index in [1.165, 1.54) is 28.9 Å². The highest BCUT2D eigenvalue weighted by Gasteiger charge is 2.42. The number of rotatable bonds is 5. The summed E-state index contributed by atoms with van der Waals surface area (Å²) >= 11 is 0. The lowest BCUT2D eigenvalue weighted by Crippen LogP contribution is -3.20. The van der Waals surface area contributed by atoms with Crippen LogP contribution in [0.25, 0.3) is 0 Å². The number of quaternary nitrogens is 2. The van der Waals surface area contributed by atoms with E-state index < -0.39 is 23.5 Å². The molecule has 1 atom stereocenters. The number of hydrogen-bond acceptors (Lipinski definition) is 3. The van der Waals surface area contributed by atoms with Gasteiger partial charge in [-0.2, -0.15) is 0 Å². The number of carbonyl (C=O) groups excluding carboxylic acids is 2. The van der Waals surface area contributed by atoms with Crippen molar-refractivity contribution in [1.82, 2.24) is 4.90 Å². The first-order valence-electron chi connectivity index (χ1n) is 8.64. The Kier molecular flexibility index (Phi) is 5.15. The van der Waals surface area contributed by atoms with Gasteiger partial charge in [0.2, 0.25) is 0 Å². The van der Waals surface area contributed by atoms with Crippen molar-refractivity contribution in [2.75, 3.05) is 39.3 Å². The van der Waals surface area contributed by atoms with Crippen molar-refractivity contribution in [1.29, 1.82) is 0 Å². The lowest BCUT2D eigenvalue weighted by molar-refractivity contribution is -0.946. The molecular weight excluding hydrogens is 325 g/mol. The standard InChI is InChI=1S/C18H22FN3O3/c1-12(23)15-16(13-3-2-4-14(19)11-13)22(18(25)17(15)24)10-9-21-7-5-20-6-8-21/h2-4,11,16,20,24H,5-10H2,1H3/p+2/t16-/m0/s1. The average Bonchev–Trinajstić information content (AvgIpc) is 2.85. The highest BCUT2D eigenvalue weighted by atomic mass is 19.1. The van der Waals surface area contributed by atoms with Crippen molar-refractivity contribution >= 4 is 11.7 Å². The topological polar surface area (TPSA) is 78.7 Å². The molecule has 0 radical (unpaired) electrons. The molecular formula is C18H24FN3O3+2. The van der Waals surface area contributed by atoms with E-state index in [1.807, 2.05) is 0 Å². The van der Waals surface area contributed by atoms with Crippen LogP contribution in [-0.2, 0) is 9.59 Å². The van der Waals surface area contributed by atoms with E-state index >= 15 is 0 Å². The second-order valence-corrected chi connectivity index (χ2v) is 6.64. The molecule has 0 aromatic heterocycles. The minimum atomic E-state index is -0.726. The van der Waals surface area contributed by atoms with Gasteiger partial charge >= 0.3 is 0 Å². The van der Waals surface area contributed by atoms with Crippen molar-refractivity contribution in [2.45, 2.75) is 13.0 Å². The van der Waals surface area contributed by atoms with Gasteiger partial charge in [-0.3, -0.25) is 9.59 Å². The molecule has 3 rings (SSSR count). The Morgan fingerprint density at radius 1 is 1.40 bits per heavy atom. The van der Waals surface area contributed by atoms with E-state index in [0.29, 0.717) is 12.1 Å². The fourth-order valence-corrected chi connectivity index (χ4v) is 3.68. The maximum Gasteiger partial charge on any atom is 0.290 e. The number of carbonyl (C=O) groups is 2. The van der Waals surface area contributed by atoms with Crippen LogP contribution in [0, 0.1) is 5.82 Å². The average molecular weight is 349 g/mol. The number of piperazine rings is 1. The summed E-state index contributed by atoms with van der Waals surface area (Å²) < 4.78 is 13.7. The molecule has 1 aromatic carbocycles. The van der Waals surface area contributed by atoms with Gasteiger partial charge in [-0.15, -0.1) is 0 Å². The zero-order valence-corrected chi connectivity index (χ0v) is 14.3. The molecule has 25 heavy (non-hydrogen) atoms. The molecule has 1 fully saturated rings. The molecule has 1 aromatic rings. The fourth-order valence-electron chi connectivity index (χ4n) is 3.68. The Balaban J connectivity index is 1.87. The quantitative estimate of drug-likeness (QED) is 0.610. The number of aliphatic hydroxyl groups excluding tert-OH is 1. The summed E-state index contributed by atoms with van der Waals surface area (Å²) in [6.45, 7) is 6.62. The number of amides is 1. The van der Waals surface area contributed by atoms with Gasteiger partial charge in [0.1, 0.15) is 32.0 Å². The van der Waals surface area contributed by atoms with Crippen LogP contribution in [0.15, 0.2) is 35.6 Å². The Morgan fingerprint density at radius 2 is 2.12 bits per heavy atom. The van der Waals surface area contributed by atoms with E-state index in [9.17, 15) is 19.1 Å². The van der Waals surface area contributed by atoms with E-state index in [4.69, 9.17) is 0 Å². The molecule has 2 heterocycles. The number of nitrogens with zero attached hydrogens (tertiary/aromatic N) is 1. The van der Waals surface area contributed by atoms with E-state index in [-0.39, 0.29) is 11.4 Å². The minimum Gasteiger partial charge on any atom is -0.503 e. The zero-order valence-electron chi connectivity index (χ0n) is 14.3. The van der Waals surface area contributed by atoms with Gasteiger partial charge in [-0.1, -0.05) is 12.1 Å². The molecule has 2 aliphatic heterocycles. The van der Waals surface area contributed by atoms with Crippen LogP contribution in [-0.4, -0.2) is 61.0 Å². The predicted molar refractivity (Wildman–Crippen MR) is 88.4 cm³/mol. The van der Waals surface area contributed by atoms with E-state index in [0.717, 1.165) is 32.7 Å². The van der Waals surface area contributed by atoms with Gasteiger partial charge in [-0.05, 0) is 24.6 Å². The molecule has 134 valence electrons. The van der Waals surface area contributed by atoms with Crippen molar-refractivity contribution in [2.24, 2.45) is 0 Å². The monoisotopic (exact) mass is 349 g/mol. The summed E-state index contributed by atoms with van der Waals surface area (Å²) in [6, 6.07) is 5.13. The second-order valence-electron chi connectivity index (χ2n) is 6.64. The Morgan fingerprint density at radius 3 is 2.76 bits per heavy atom. The van der Waals surface area contributed by atoms with Crippen molar-refractivity contribution in [3.05, 3.63) is 47.0 Å². The van der Waals surface area contributed by atoms with Gasteiger partial charge < -0.3 is 20.2 Å². The number of nitrogens with two attached hydrogens (primary N) is 1. The Hall–Kier alpha value is -2.25. The summed E-state index contributed by atoms with van der Waals surface area (Å²) in [5.41, 5.74) is 0.558. The summed E-state index contributed by atoms with van der Waals surface area (Å²) in [5, 5.41) is 12.5. The van der Waals surface area contributed by atoms with Gasteiger partial charge in [0, 0.05) is 0 Å². The molecule has 7 heteroatoms. The highest BCUT2D eigenvalue weighted by molar-refractivity contribution is 6.08. The molecule has 0 aliphatic carbocycles. The number of hydrogen-bond donors (Lipinski definition) is 3. The summed E-state index contributed by atoms with van der Waals surface area (Å²) in [5.74, 6) is -1.87. The molecule has 6 nitrogen and oxygen atoms in total. The molecule has 0 unspecified atom stereocenters. The first-order valence-corrected chi connectivity index (χ1v) is 8.64. The smallest absolute Gasteiger partial charge is 0.290 e. The molecule has 0 spiro atoms. The molecule has 1 saturated heterocycles. The van der Waals surface area contributed by atoms with Crippen molar-refractivity contribution in [3.63, 3.8) is 0 Å². The van der Waals surface area contributed by atoms with Crippen molar-refractivity contribution in [3.8, 4) is 0 Å². The number of benzene rings is 1. The Labute approximate surface area is 145 Å². The predicted octanol–water partition coefficient (Wildman–Crippen LogP) is -1.43. The Bertz CT molecular complexity index is 713. The summed E-state index contributed by atoms with van der Waals surface area (Å²) in [4.78, 5) is 27.4. The molecule has 2 aliphatic rings. The zero-order chi connectivity index (χ0) is 18.0. The number of Topliss-reactive ketones (excluding diaryl/α,β-unsaturated/α-hetero) is 1. The largest absolute Gasteiger partial charge is 0.503 e. The van der Waals surface area contributed by atoms with Gasteiger partial charge in [0.05, 0.1) is 24.7 Å². The summed E-state index contributed by atoms with van der Waals surface area (Å²) in [7, 11) is 0. The van der Waals surface area contributed by atoms with Gasteiger partial charge in [-0.25, -0.2) is 4.39 Å². The molecule has 0 bridgehead atoms. The van der Waals surface area contributed by atoms with Crippen LogP contribution < -0.4 is 10.2 Å². The van der Waals surface area contributed by atoms with Crippen LogP contribution >= 0.6 is 0 Å². The molecule has 1 amide bonds. The SMILES string of the molecule is CC(=O)C1=C(O)C(=O)N(CC[NH+]2CC[NH2+]CC2)[C@H]1c1cccc(F)c1. The summed E-state index contributed by atoms with van der Waals surface area (Å²) in [6.07, 6.45) is 0. The minimum absolute atomic E-state index is 0.0533. The maximum absolute atomic E-state index is 13.7. The first-order chi connectivity index (χ1) is 12.0. The van der Waals surface area contributed by atoms with Gasteiger partial charge in [0.15, 0.2) is 11.5 Å². The third-order valence-electron chi connectivity index (χ3n) is 4.96. The number of halogens is 1. The lowest BCUT2D eigenvalue weighted by atomic mass is 9.96. The van der Waals surface area contributed by atoms with Crippen LogP contribution in [0.5, 0.6) is 0 Å². The number of ketones is 1. The first kappa shape index (κ1) is 17.6. The lowest BCUT2D eigenvalue weighted by Gasteiger charge is -2.29. The second kappa shape index (κ2) is 7.33. The fraction of sp³-hybridized carbons (Fsp3) is 0.444. The maximum atomic E-state index is 13.7. The third kappa shape index (κ3) is 3.57. The normalized spacial score (nSPS) is 21.9. The highest BCUT2D eigenvalue weighted by Crippen LogP contribution is 2.37. The number of aliphatic hydroxyl groups is 1. The van der Waals surface area contributed by atoms with Gasteiger partial charge in [0.25, 0.3) is 5.91 Å². The molecule has 0 saturated carbocycles. The van der Waals surface area contributed by atoms with Crippen LogP contribution in [0.1, 0.15) is 18.5 Å². The van der Waals surface area contributed by atoms with Crippen molar-refractivity contribution < 1.29 is 29.3 Å².